The second-order valence-corrected chi connectivity index (χ2v) is 6.17. The van der Waals surface area contributed by atoms with Crippen LogP contribution < -0.4 is 5.73 Å². The molecule has 0 atom stereocenters. The summed E-state index contributed by atoms with van der Waals surface area (Å²) in [4.78, 5) is 12.1. The zero-order chi connectivity index (χ0) is 13.7. The van der Waals surface area contributed by atoms with Crippen LogP contribution in [0.2, 0.25) is 0 Å². The van der Waals surface area contributed by atoms with Crippen LogP contribution in [0.1, 0.15) is 17.1 Å². The highest BCUT2D eigenvalue weighted by Crippen LogP contribution is 2.19. The summed E-state index contributed by atoms with van der Waals surface area (Å²) in [7, 11) is 0. The van der Waals surface area contributed by atoms with Crippen LogP contribution >= 0.6 is 23.1 Å². The Morgan fingerprint density at radius 3 is 3.05 bits per heavy atom. The monoisotopic (exact) mass is 296 g/mol. The smallest absolute Gasteiger partial charge is 0.218 e. The molecule has 0 spiro atoms. The van der Waals surface area contributed by atoms with Crippen molar-refractivity contribution in [1.29, 1.82) is 0 Å². The fourth-order valence-corrected chi connectivity index (χ4v) is 3.31. The number of hydrogen-bond acceptors (Lipinski definition) is 5. The number of amides is 1. The molecule has 0 saturated heterocycles. The van der Waals surface area contributed by atoms with E-state index in [0.29, 0.717) is 12.2 Å². The first-order valence-corrected chi connectivity index (χ1v) is 7.86. The number of nitrogens with zero attached hydrogens (tertiary/aromatic N) is 3. The fourth-order valence-electron chi connectivity index (χ4n) is 1.65. The number of hydrogen-bond donors (Lipinski definition) is 1. The molecule has 2 rings (SSSR count). The number of aromatic nitrogens is 3. The first kappa shape index (κ1) is 14.1. The van der Waals surface area contributed by atoms with Gasteiger partial charge in [0.15, 0.2) is 5.16 Å². The maximum absolute atomic E-state index is 10.7. The average Bonchev–Trinajstić information content (AvgIpc) is 2.97. The van der Waals surface area contributed by atoms with Crippen LogP contribution in [0.5, 0.6) is 0 Å². The van der Waals surface area contributed by atoms with Crippen LogP contribution in [0.15, 0.2) is 22.7 Å². The van der Waals surface area contributed by atoms with Crippen molar-refractivity contribution in [2.45, 2.75) is 31.5 Å². The van der Waals surface area contributed by atoms with Crippen molar-refractivity contribution in [3.63, 3.8) is 0 Å². The Bertz CT molecular complexity index is 536. The highest BCUT2D eigenvalue weighted by molar-refractivity contribution is 7.99. The summed E-state index contributed by atoms with van der Waals surface area (Å²) in [6.07, 6.45) is 1.33. The van der Waals surface area contributed by atoms with Gasteiger partial charge in [-0.15, -0.1) is 21.5 Å². The lowest BCUT2D eigenvalue weighted by molar-refractivity contribution is -0.117. The Balaban J connectivity index is 1.95. The lowest BCUT2D eigenvalue weighted by Gasteiger charge is -2.07. The molecule has 0 radical (unpaired) electrons. The maximum atomic E-state index is 10.7. The molecule has 1 amide bonds. The van der Waals surface area contributed by atoms with Gasteiger partial charge in [0, 0.05) is 23.6 Å². The van der Waals surface area contributed by atoms with Crippen molar-refractivity contribution in [3.8, 4) is 0 Å². The van der Waals surface area contributed by atoms with Gasteiger partial charge in [0.25, 0.3) is 0 Å². The fraction of sp³-hybridized carbons (Fsp3) is 0.417. The molecule has 0 aliphatic rings. The van der Waals surface area contributed by atoms with Crippen molar-refractivity contribution in [3.05, 3.63) is 28.2 Å². The molecule has 102 valence electrons. The Hall–Kier alpha value is -1.34. The van der Waals surface area contributed by atoms with Crippen LogP contribution in [0, 0.1) is 6.92 Å². The number of nitrogens with two attached hydrogens (primary N) is 1. The summed E-state index contributed by atoms with van der Waals surface area (Å²) in [5, 5.41) is 11.2. The van der Waals surface area contributed by atoms with Gasteiger partial charge in [0.2, 0.25) is 5.91 Å². The Morgan fingerprint density at radius 1 is 1.53 bits per heavy atom. The quantitative estimate of drug-likeness (QED) is 0.791. The number of carbonyl (C=O) groups is 1. The van der Waals surface area contributed by atoms with Crippen molar-refractivity contribution >= 4 is 29.0 Å². The Kier molecular flexibility index (Phi) is 4.98. The average molecular weight is 296 g/mol. The van der Waals surface area contributed by atoms with Gasteiger partial charge in [0.1, 0.15) is 5.82 Å². The zero-order valence-electron chi connectivity index (χ0n) is 10.7. The topological polar surface area (TPSA) is 73.8 Å². The number of carbonyl (C=O) groups excluding carboxylic acids is 1. The number of primary amides is 1. The first-order valence-electron chi connectivity index (χ1n) is 6.00. The lowest BCUT2D eigenvalue weighted by Crippen LogP contribution is -2.11. The largest absolute Gasteiger partial charge is 0.370 e. The highest BCUT2D eigenvalue weighted by Gasteiger charge is 2.10. The third-order valence-corrected chi connectivity index (χ3v) is 4.55. The number of aryl methyl sites for hydroxylation is 2. The van der Waals surface area contributed by atoms with Crippen molar-refractivity contribution in [1.82, 2.24) is 14.8 Å². The predicted octanol–water partition coefficient (Wildman–Crippen LogP) is 1.86. The normalized spacial score (nSPS) is 10.8. The summed E-state index contributed by atoms with van der Waals surface area (Å²) < 4.78 is 2.09. The van der Waals surface area contributed by atoms with E-state index in [1.165, 1.54) is 16.6 Å². The van der Waals surface area contributed by atoms with E-state index < -0.39 is 0 Å². The van der Waals surface area contributed by atoms with Gasteiger partial charge in [-0.1, -0.05) is 17.8 Å². The van der Waals surface area contributed by atoms with Gasteiger partial charge >= 0.3 is 0 Å². The lowest BCUT2D eigenvalue weighted by atomic mass is 10.3. The molecule has 0 saturated carbocycles. The summed E-state index contributed by atoms with van der Waals surface area (Å²) in [6, 6.07) is 4.19. The molecule has 2 aromatic rings. The summed E-state index contributed by atoms with van der Waals surface area (Å²) >= 11 is 3.28. The van der Waals surface area contributed by atoms with Crippen molar-refractivity contribution in [2.24, 2.45) is 5.73 Å². The number of thiophene rings is 1. The molecule has 2 aromatic heterocycles. The molecule has 2 N–H and O–H groups in total. The van der Waals surface area contributed by atoms with Gasteiger partial charge in [-0.2, -0.15) is 0 Å². The molecule has 0 bridgehead atoms. The zero-order valence-corrected chi connectivity index (χ0v) is 12.3. The van der Waals surface area contributed by atoms with Crippen LogP contribution in [-0.4, -0.2) is 26.4 Å². The molecule has 5 nitrogen and oxygen atoms in total. The number of thioether (sulfide) groups is 1. The third kappa shape index (κ3) is 4.07. The standard InChI is InChI=1S/C12H16N4OS2/c1-9-14-15-12(19-8-5-11(13)17)16(9)6-4-10-3-2-7-18-10/h2-3,7H,4-6,8H2,1H3,(H2,13,17). The Labute approximate surface area is 120 Å². The molecule has 0 aliphatic carbocycles. The van der Waals surface area contributed by atoms with Gasteiger partial charge < -0.3 is 10.3 Å². The Morgan fingerprint density at radius 2 is 2.37 bits per heavy atom. The van der Waals surface area contributed by atoms with E-state index in [9.17, 15) is 4.79 Å². The highest BCUT2D eigenvalue weighted by atomic mass is 32.2. The van der Waals surface area contributed by atoms with E-state index in [1.54, 1.807) is 11.3 Å². The summed E-state index contributed by atoms with van der Waals surface area (Å²) in [6.45, 7) is 2.80. The third-order valence-electron chi connectivity index (χ3n) is 2.64. The minimum Gasteiger partial charge on any atom is -0.370 e. The van der Waals surface area contributed by atoms with E-state index in [4.69, 9.17) is 5.73 Å². The van der Waals surface area contributed by atoms with Gasteiger partial charge in [-0.25, -0.2) is 0 Å². The molecular weight excluding hydrogens is 280 g/mol. The van der Waals surface area contributed by atoms with Crippen molar-refractivity contribution in [2.75, 3.05) is 5.75 Å². The minimum atomic E-state index is -0.283. The molecule has 19 heavy (non-hydrogen) atoms. The second kappa shape index (κ2) is 6.72. The van der Waals surface area contributed by atoms with Crippen LogP contribution in [-0.2, 0) is 17.8 Å². The molecule has 0 fully saturated rings. The van der Waals surface area contributed by atoms with E-state index in [0.717, 1.165) is 23.9 Å². The summed E-state index contributed by atoms with van der Waals surface area (Å²) in [5.74, 6) is 1.26. The molecule has 7 heteroatoms. The van der Waals surface area contributed by atoms with E-state index in [1.807, 2.05) is 6.92 Å². The number of rotatable bonds is 7. The minimum absolute atomic E-state index is 0.283. The van der Waals surface area contributed by atoms with E-state index >= 15 is 0 Å². The maximum Gasteiger partial charge on any atom is 0.218 e. The van der Waals surface area contributed by atoms with Gasteiger partial charge in [-0.05, 0) is 24.8 Å². The summed E-state index contributed by atoms with van der Waals surface area (Å²) in [5.41, 5.74) is 5.13. The van der Waals surface area contributed by atoms with Crippen molar-refractivity contribution < 1.29 is 4.79 Å². The second-order valence-electron chi connectivity index (χ2n) is 4.08. The van der Waals surface area contributed by atoms with Crippen LogP contribution in [0.25, 0.3) is 0 Å². The van der Waals surface area contributed by atoms with E-state index in [2.05, 4.69) is 32.3 Å². The molecule has 0 aromatic carbocycles. The van der Waals surface area contributed by atoms with E-state index in [-0.39, 0.29) is 5.91 Å². The molecule has 0 unspecified atom stereocenters. The molecule has 0 aliphatic heterocycles. The van der Waals surface area contributed by atoms with Gasteiger partial charge in [0.05, 0.1) is 0 Å². The predicted molar refractivity (Wildman–Crippen MR) is 77.3 cm³/mol. The SMILES string of the molecule is Cc1nnc(SCCC(N)=O)n1CCc1cccs1. The molecular formula is C12H16N4OS2. The first-order chi connectivity index (χ1) is 9.16. The van der Waals surface area contributed by atoms with Crippen LogP contribution in [0.4, 0.5) is 0 Å². The van der Waals surface area contributed by atoms with Crippen LogP contribution in [0.3, 0.4) is 0 Å². The van der Waals surface area contributed by atoms with Gasteiger partial charge in [-0.3, -0.25) is 4.79 Å². The molecule has 2 heterocycles.